The predicted octanol–water partition coefficient (Wildman–Crippen LogP) is 0.548. The van der Waals surface area contributed by atoms with Crippen LogP contribution in [0.3, 0.4) is 0 Å². The minimum atomic E-state index is -0.417. The van der Waals surface area contributed by atoms with E-state index in [-0.39, 0.29) is 12.5 Å². The smallest absolute Gasteiger partial charge is 0.327 e. The SMILES string of the molecule is CCOC(=O)CN1N=C(C)CCC1=O. The Labute approximate surface area is 82.7 Å². The monoisotopic (exact) mass is 198 g/mol. The lowest BCUT2D eigenvalue weighted by atomic mass is 10.2. The Kier molecular flexibility index (Phi) is 3.62. The summed E-state index contributed by atoms with van der Waals surface area (Å²) in [6.45, 7) is 3.81. The first-order valence-electron chi connectivity index (χ1n) is 4.63. The van der Waals surface area contributed by atoms with Gasteiger partial charge in [0.25, 0.3) is 0 Å². The van der Waals surface area contributed by atoms with E-state index < -0.39 is 5.97 Å². The molecule has 0 aromatic rings. The molecule has 0 fully saturated rings. The fourth-order valence-corrected chi connectivity index (χ4v) is 1.18. The number of carbonyl (C=O) groups excluding carboxylic acids is 2. The van der Waals surface area contributed by atoms with E-state index in [0.717, 1.165) is 5.71 Å². The molecule has 0 saturated heterocycles. The molecule has 0 radical (unpaired) electrons. The molecule has 0 aromatic heterocycles. The van der Waals surface area contributed by atoms with Crippen molar-refractivity contribution in [1.29, 1.82) is 0 Å². The van der Waals surface area contributed by atoms with Gasteiger partial charge in [-0.15, -0.1) is 0 Å². The van der Waals surface area contributed by atoms with Gasteiger partial charge in [-0.2, -0.15) is 5.10 Å². The minimum Gasteiger partial charge on any atom is -0.465 e. The summed E-state index contributed by atoms with van der Waals surface area (Å²) < 4.78 is 4.73. The highest BCUT2D eigenvalue weighted by Gasteiger charge is 2.21. The summed E-state index contributed by atoms with van der Waals surface area (Å²) in [6.07, 6.45) is 1.10. The molecule has 1 amide bonds. The van der Waals surface area contributed by atoms with Crippen molar-refractivity contribution in [2.24, 2.45) is 5.10 Å². The second kappa shape index (κ2) is 4.74. The highest BCUT2D eigenvalue weighted by Crippen LogP contribution is 2.08. The van der Waals surface area contributed by atoms with Crippen LogP contribution in [-0.4, -0.2) is 35.7 Å². The Morgan fingerprint density at radius 3 is 2.93 bits per heavy atom. The van der Waals surface area contributed by atoms with Crippen molar-refractivity contribution in [1.82, 2.24) is 5.01 Å². The van der Waals surface area contributed by atoms with E-state index in [2.05, 4.69) is 5.10 Å². The number of carbonyl (C=O) groups is 2. The van der Waals surface area contributed by atoms with Gasteiger partial charge in [0.15, 0.2) is 0 Å². The standard InChI is InChI=1S/C9H14N2O3/c1-3-14-9(13)6-11-8(12)5-4-7(2)10-11/h3-6H2,1-2H3. The van der Waals surface area contributed by atoms with Crippen LogP contribution in [0.2, 0.25) is 0 Å². The molecule has 5 nitrogen and oxygen atoms in total. The number of hydrogen-bond acceptors (Lipinski definition) is 4. The van der Waals surface area contributed by atoms with E-state index in [0.29, 0.717) is 19.4 Å². The van der Waals surface area contributed by atoms with Crippen molar-refractivity contribution in [3.05, 3.63) is 0 Å². The van der Waals surface area contributed by atoms with Crippen LogP contribution >= 0.6 is 0 Å². The van der Waals surface area contributed by atoms with E-state index in [4.69, 9.17) is 4.74 Å². The molecule has 0 saturated carbocycles. The summed E-state index contributed by atoms with van der Waals surface area (Å²) in [7, 11) is 0. The number of amides is 1. The molecule has 5 heteroatoms. The number of hydrogen-bond donors (Lipinski definition) is 0. The summed E-state index contributed by atoms with van der Waals surface area (Å²) in [5.41, 5.74) is 0.869. The van der Waals surface area contributed by atoms with Gasteiger partial charge in [-0.1, -0.05) is 0 Å². The summed E-state index contributed by atoms with van der Waals surface area (Å²) >= 11 is 0. The molecule has 14 heavy (non-hydrogen) atoms. The molecule has 1 heterocycles. The third kappa shape index (κ3) is 2.83. The molecule has 1 aliphatic rings. The topological polar surface area (TPSA) is 59.0 Å². The Balaban J connectivity index is 2.54. The molecule has 0 bridgehead atoms. The number of nitrogens with zero attached hydrogens (tertiary/aromatic N) is 2. The third-order valence-corrected chi connectivity index (χ3v) is 1.86. The van der Waals surface area contributed by atoms with Gasteiger partial charge in [-0.25, -0.2) is 5.01 Å². The van der Waals surface area contributed by atoms with Crippen molar-refractivity contribution in [3.8, 4) is 0 Å². The number of esters is 1. The van der Waals surface area contributed by atoms with Crippen LogP contribution in [-0.2, 0) is 14.3 Å². The molecular formula is C9H14N2O3. The number of hydrazone groups is 1. The minimum absolute atomic E-state index is 0.0794. The van der Waals surface area contributed by atoms with Crippen molar-refractivity contribution in [2.45, 2.75) is 26.7 Å². The van der Waals surface area contributed by atoms with Crippen LogP contribution in [0.5, 0.6) is 0 Å². The van der Waals surface area contributed by atoms with Gasteiger partial charge in [0.1, 0.15) is 6.54 Å². The zero-order valence-electron chi connectivity index (χ0n) is 8.45. The van der Waals surface area contributed by atoms with Crippen molar-refractivity contribution < 1.29 is 14.3 Å². The Morgan fingerprint density at radius 1 is 1.57 bits per heavy atom. The second-order valence-electron chi connectivity index (χ2n) is 3.09. The average Bonchev–Trinajstić information content (AvgIpc) is 2.12. The molecule has 0 aliphatic carbocycles. The Morgan fingerprint density at radius 2 is 2.29 bits per heavy atom. The molecule has 0 N–H and O–H groups in total. The Bertz CT molecular complexity index is 273. The molecule has 0 unspecified atom stereocenters. The highest BCUT2D eigenvalue weighted by molar-refractivity contribution is 5.92. The zero-order chi connectivity index (χ0) is 10.6. The van der Waals surface area contributed by atoms with Crippen LogP contribution in [0, 0.1) is 0 Å². The van der Waals surface area contributed by atoms with Gasteiger partial charge in [0.05, 0.1) is 6.61 Å². The highest BCUT2D eigenvalue weighted by atomic mass is 16.5. The van der Waals surface area contributed by atoms with Gasteiger partial charge >= 0.3 is 5.97 Å². The van der Waals surface area contributed by atoms with Crippen LogP contribution in [0.25, 0.3) is 0 Å². The molecule has 1 rings (SSSR count). The fourth-order valence-electron chi connectivity index (χ4n) is 1.18. The molecular weight excluding hydrogens is 184 g/mol. The van der Waals surface area contributed by atoms with Crippen molar-refractivity contribution in [2.75, 3.05) is 13.2 Å². The molecule has 78 valence electrons. The maximum Gasteiger partial charge on any atom is 0.327 e. The molecule has 0 aromatic carbocycles. The van der Waals surface area contributed by atoms with Gasteiger partial charge in [-0.3, -0.25) is 9.59 Å². The van der Waals surface area contributed by atoms with E-state index in [9.17, 15) is 9.59 Å². The van der Waals surface area contributed by atoms with Gasteiger partial charge < -0.3 is 4.74 Å². The quantitative estimate of drug-likeness (QED) is 0.622. The first kappa shape index (κ1) is 10.7. The van der Waals surface area contributed by atoms with Crippen LogP contribution in [0.4, 0.5) is 0 Å². The van der Waals surface area contributed by atoms with Crippen LogP contribution in [0.1, 0.15) is 26.7 Å². The lowest BCUT2D eigenvalue weighted by Gasteiger charge is -2.21. The lowest BCUT2D eigenvalue weighted by Crippen LogP contribution is -2.35. The van der Waals surface area contributed by atoms with E-state index in [1.165, 1.54) is 5.01 Å². The normalized spacial score (nSPS) is 16.6. The maximum atomic E-state index is 11.3. The number of rotatable bonds is 3. The zero-order valence-corrected chi connectivity index (χ0v) is 8.45. The van der Waals surface area contributed by atoms with Gasteiger partial charge in [-0.05, 0) is 20.3 Å². The largest absolute Gasteiger partial charge is 0.465 e. The average molecular weight is 198 g/mol. The summed E-state index contributed by atoms with van der Waals surface area (Å²) in [5, 5.41) is 5.16. The third-order valence-electron chi connectivity index (χ3n) is 1.86. The van der Waals surface area contributed by atoms with Gasteiger partial charge in [0, 0.05) is 12.1 Å². The molecule has 0 atom stereocenters. The lowest BCUT2D eigenvalue weighted by molar-refractivity contribution is -0.149. The van der Waals surface area contributed by atoms with E-state index >= 15 is 0 Å². The fraction of sp³-hybridized carbons (Fsp3) is 0.667. The first-order valence-corrected chi connectivity index (χ1v) is 4.63. The molecule has 0 spiro atoms. The van der Waals surface area contributed by atoms with Crippen molar-refractivity contribution >= 4 is 17.6 Å². The van der Waals surface area contributed by atoms with Crippen LogP contribution < -0.4 is 0 Å². The summed E-state index contributed by atoms with van der Waals surface area (Å²) in [4.78, 5) is 22.4. The summed E-state index contributed by atoms with van der Waals surface area (Å²) in [6, 6.07) is 0. The molecule has 1 aliphatic heterocycles. The van der Waals surface area contributed by atoms with E-state index in [1.54, 1.807) is 6.92 Å². The maximum absolute atomic E-state index is 11.3. The van der Waals surface area contributed by atoms with Crippen molar-refractivity contribution in [3.63, 3.8) is 0 Å². The van der Waals surface area contributed by atoms with E-state index in [1.807, 2.05) is 6.92 Å². The van der Waals surface area contributed by atoms with Gasteiger partial charge in [0.2, 0.25) is 5.91 Å². The van der Waals surface area contributed by atoms with Crippen LogP contribution in [0.15, 0.2) is 5.10 Å². The summed E-state index contributed by atoms with van der Waals surface area (Å²) in [5.74, 6) is -0.539. The number of ether oxygens (including phenoxy) is 1. The predicted molar refractivity (Wildman–Crippen MR) is 50.7 cm³/mol. The second-order valence-corrected chi connectivity index (χ2v) is 3.09. The first-order chi connectivity index (χ1) is 6.63. The Hall–Kier alpha value is -1.39.